The molecule has 0 bridgehead atoms. The fraction of sp³-hybridized carbons (Fsp3) is 0. The van der Waals surface area contributed by atoms with E-state index in [9.17, 15) is 0 Å². The minimum atomic E-state index is 1.11. The highest BCUT2D eigenvalue weighted by Crippen LogP contribution is 2.47. The summed E-state index contributed by atoms with van der Waals surface area (Å²) in [6, 6.07) is 72.1. The number of anilines is 3. The summed E-state index contributed by atoms with van der Waals surface area (Å²) in [6.45, 7) is 0. The summed E-state index contributed by atoms with van der Waals surface area (Å²) in [5.74, 6) is 0. The maximum absolute atomic E-state index is 2.44. The van der Waals surface area contributed by atoms with Crippen molar-refractivity contribution in [3.63, 3.8) is 0 Å². The van der Waals surface area contributed by atoms with E-state index >= 15 is 0 Å². The molecule has 0 aliphatic rings. The van der Waals surface area contributed by atoms with Crippen molar-refractivity contribution in [2.24, 2.45) is 0 Å². The van der Waals surface area contributed by atoms with Crippen molar-refractivity contribution in [2.45, 2.75) is 0 Å². The maximum Gasteiger partial charge on any atom is 0.0562 e. The zero-order valence-electron chi connectivity index (χ0n) is 27.9. The molecule has 10 rings (SSSR count). The topological polar surface area (TPSA) is 13.1 Å². The molecule has 2 aromatic heterocycles. The standard InChI is InChI=1S/C48H33N3/c1-5-17-34(18-6-1)39-26-15-28-44-47(39)48-45(29-16-30-46(48)51(44)37-23-11-4-12-24-37)49(35-19-7-2-8-20-35)38-31-32-43-41(33-38)40-25-13-14-27-42(40)50(43)36-21-9-3-10-22-36/h1-33H. The van der Waals surface area contributed by atoms with Crippen molar-refractivity contribution in [1.82, 2.24) is 9.13 Å². The Morgan fingerprint density at radius 1 is 0.333 bits per heavy atom. The van der Waals surface area contributed by atoms with Crippen LogP contribution in [0.25, 0.3) is 66.1 Å². The Bertz CT molecular complexity index is 2830. The third kappa shape index (κ3) is 4.67. The molecule has 10 aromatic rings. The average Bonchev–Trinajstić information content (AvgIpc) is 3.73. The summed E-state index contributed by atoms with van der Waals surface area (Å²) in [6.07, 6.45) is 0. The Labute approximate surface area is 296 Å². The Morgan fingerprint density at radius 2 is 0.863 bits per heavy atom. The predicted molar refractivity (Wildman–Crippen MR) is 215 cm³/mol. The van der Waals surface area contributed by atoms with Gasteiger partial charge in [0, 0.05) is 44.3 Å². The van der Waals surface area contributed by atoms with Gasteiger partial charge in [-0.25, -0.2) is 0 Å². The quantitative estimate of drug-likeness (QED) is 0.174. The van der Waals surface area contributed by atoms with E-state index in [0.717, 1.165) is 28.4 Å². The van der Waals surface area contributed by atoms with Gasteiger partial charge in [0.15, 0.2) is 0 Å². The molecule has 0 aliphatic carbocycles. The van der Waals surface area contributed by atoms with Gasteiger partial charge in [0.2, 0.25) is 0 Å². The summed E-state index contributed by atoms with van der Waals surface area (Å²) in [5.41, 5.74) is 12.8. The van der Waals surface area contributed by atoms with Gasteiger partial charge >= 0.3 is 0 Å². The SMILES string of the molecule is c1ccc(-c2cccc3c2c2c(N(c4ccccc4)c4ccc5c(c4)c4ccccc4n5-c4ccccc4)cccc2n3-c2ccccc2)cc1. The van der Waals surface area contributed by atoms with Crippen LogP contribution in [0.15, 0.2) is 200 Å². The highest BCUT2D eigenvalue weighted by molar-refractivity contribution is 6.21. The first-order valence-electron chi connectivity index (χ1n) is 17.5. The van der Waals surface area contributed by atoms with Crippen LogP contribution in [0.1, 0.15) is 0 Å². The van der Waals surface area contributed by atoms with E-state index < -0.39 is 0 Å². The van der Waals surface area contributed by atoms with E-state index in [4.69, 9.17) is 0 Å². The molecule has 3 nitrogen and oxygen atoms in total. The van der Waals surface area contributed by atoms with Crippen LogP contribution in [0.4, 0.5) is 17.1 Å². The van der Waals surface area contributed by atoms with Crippen LogP contribution < -0.4 is 4.90 Å². The summed E-state index contributed by atoms with van der Waals surface area (Å²) < 4.78 is 4.79. The Balaban J connectivity index is 1.31. The van der Waals surface area contributed by atoms with Crippen LogP contribution in [0.2, 0.25) is 0 Å². The van der Waals surface area contributed by atoms with Crippen molar-refractivity contribution in [1.29, 1.82) is 0 Å². The molecule has 0 amide bonds. The van der Waals surface area contributed by atoms with E-state index in [0.29, 0.717) is 0 Å². The molecule has 0 fully saturated rings. The van der Waals surface area contributed by atoms with Crippen LogP contribution in [0, 0.1) is 0 Å². The third-order valence-corrected chi connectivity index (χ3v) is 10.1. The number of hydrogen-bond acceptors (Lipinski definition) is 1. The van der Waals surface area contributed by atoms with E-state index in [1.807, 2.05) is 0 Å². The second-order valence-electron chi connectivity index (χ2n) is 13.0. The lowest BCUT2D eigenvalue weighted by Gasteiger charge is -2.27. The summed E-state index contributed by atoms with van der Waals surface area (Å²) in [4.78, 5) is 2.44. The molecule has 0 aliphatic heterocycles. The Morgan fingerprint density at radius 3 is 1.57 bits per heavy atom. The number of para-hydroxylation sites is 4. The largest absolute Gasteiger partial charge is 0.310 e. The maximum atomic E-state index is 2.44. The zero-order chi connectivity index (χ0) is 33.7. The molecule has 8 aromatic carbocycles. The predicted octanol–water partition coefficient (Wildman–Crippen LogP) is 13.0. The van der Waals surface area contributed by atoms with Crippen LogP contribution in [0.3, 0.4) is 0 Å². The molecule has 3 heteroatoms. The molecular formula is C48H33N3. The summed E-state index contributed by atoms with van der Waals surface area (Å²) >= 11 is 0. The van der Waals surface area contributed by atoms with Crippen molar-refractivity contribution in [3.05, 3.63) is 200 Å². The average molecular weight is 652 g/mol. The van der Waals surface area contributed by atoms with Gasteiger partial charge in [-0.05, 0) is 90.0 Å². The fourth-order valence-corrected chi connectivity index (χ4v) is 7.95. The normalized spacial score (nSPS) is 11.5. The lowest BCUT2D eigenvalue weighted by molar-refractivity contribution is 1.18. The number of nitrogens with zero attached hydrogens (tertiary/aromatic N) is 3. The zero-order valence-corrected chi connectivity index (χ0v) is 27.9. The molecule has 0 N–H and O–H groups in total. The first-order valence-corrected chi connectivity index (χ1v) is 17.5. The highest BCUT2D eigenvalue weighted by Gasteiger charge is 2.24. The van der Waals surface area contributed by atoms with Gasteiger partial charge in [-0.3, -0.25) is 0 Å². The van der Waals surface area contributed by atoms with E-state index in [1.165, 1.54) is 54.7 Å². The molecule has 0 atom stereocenters. The van der Waals surface area contributed by atoms with Gasteiger partial charge in [0.05, 0.1) is 27.8 Å². The van der Waals surface area contributed by atoms with Crippen molar-refractivity contribution in [3.8, 4) is 22.5 Å². The van der Waals surface area contributed by atoms with Gasteiger partial charge < -0.3 is 14.0 Å². The van der Waals surface area contributed by atoms with Gasteiger partial charge in [0.25, 0.3) is 0 Å². The molecule has 0 saturated heterocycles. The third-order valence-electron chi connectivity index (χ3n) is 10.1. The number of aromatic nitrogens is 2. The van der Waals surface area contributed by atoms with E-state index in [-0.39, 0.29) is 0 Å². The lowest BCUT2D eigenvalue weighted by atomic mass is 9.98. The smallest absolute Gasteiger partial charge is 0.0562 e. The van der Waals surface area contributed by atoms with Crippen molar-refractivity contribution < 1.29 is 0 Å². The molecule has 0 spiro atoms. The Kier molecular flexibility index (Phi) is 6.81. The molecule has 2 heterocycles. The number of benzene rings is 8. The van der Waals surface area contributed by atoms with Crippen LogP contribution in [-0.2, 0) is 0 Å². The van der Waals surface area contributed by atoms with Crippen LogP contribution in [-0.4, -0.2) is 9.13 Å². The van der Waals surface area contributed by atoms with Gasteiger partial charge in [-0.1, -0.05) is 121 Å². The molecule has 0 radical (unpaired) electrons. The monoisotopic (exact) mass is 651 g/mol. The Hall–Kier alpha value is -6.84. The molecule has 0 saturated carbocycles. The highest BCUT2D eigenvalue weighted by atomic mass is 15.1. The van der Waals surface area contributed by atoms with Crippen molar-refractivity contribution >= 4 is 60.7 Å². The number of rotatable bonds is 6. The van der Waals surface area contributed by atoms with Gasteiger partial charge in [-0.15, -0.1) is 0 Å². The van der Waals surface area contributed by atoms with Gasteiger partial charge in [-0.2, -0.15) is 0 Å². The summed E-state index contributed by atoms with van der Waals surface area (Å²) in [5, 5.41) is 4.90. The summed E-state index contributed by atoms with van der Waals surface area (Å²) in [7, 11) is 0. The van der Waals surface area contributed by atoms with Crippen molar-refractivity contribution in [2.75, 3.05) is 4.90 Å². The first-order chi connectivity index (χ1) is 25.3. The lowest BCUT2D eigenvalue weighted by Crippen LogP contribution is -2.10. The van der Waals surface area contributed by atoms with Crippen LogP contribution in [0.5, 0.6) is 0 Å². The minimum Gasteiger partial charge on any atom is -0.310 e. The van der Waals surface area contributed by atoms with E-state index in [1.54, 1.807) is 0 Å². The second-order valence-corrected chi connectivity index (χ2v) is 13.0. The number of fused-ring (bicyclic) bond motifs is 6. The molecular weight excluding hydrogens is 619 g/mol. The van der Waals surface area contributed by atoms with E-state index in [2.05, 4.69) is 214 Å². The minimum absolute atomic E-state index is 1.11. The molecule has 0 unspecified atom stereocenters. The number of hydrogen-bond donors (Lipinski definition) is 0. The van der Waals surface area contributed by atoms with Gasteiger partial charge in [0.1, 0.15) is 0 Å². The second kappa shape index (κ2) is 11.9. The molecule has 51 heavy (non-hydrogen) atoms. The van der Waals surface area contributed by atoms with Crippen LogP contribution >= 0.6 is 0 Å². The first kappa shape index (κ1) is 29.1. The molecule has 240 valence electrons. The fourth-order valence-electron chi connectivity index (χ4n) is 7.95.